The molecule has 0 saturated carbocycles. The maximum absolute atomic E-state index is 13.2. The summed E-state index contributed by atoms with van der Waals surface area (Å²) in [5.74, 6) is -0.315. The summed E-state index contributed by atoms with van der Waals surface area (Å²) in [4.78, 5) is 0. The zero-order chi connectivity index (χ0) is 14.0. The second-order valence-electron chi connectivity index (χ2n) is 4.54. The molecule has 1 atom stereocenters. The molecule has 3 nitrogen and oxygen atoms in total. The minimum Gasteiger partial charge on any atom is -0.507 e. The number of hydrogen-bond acceptors (Lipinski definition) is 3. The van der Waals surface area contributed by atoms with E-state index >= 15 is 0 Å². The van der Waals surface area contributed by atoms with Crippen LogP contribution in [0.1, 0.15) is 24.1 Å². The van der Waals surface area contributed by atoms with Crippen molar-refractivity contribution in [3.05, 3.63) is 53.3 Å². The molecule has 0 saturated heterocycles. The molecule has 0 radical (unpaired) electrons. The molecular formula is C15H16FNO2. The third-order valence-corrected chi connectivity index (χ3v) is 3.06. The van der Waals surface area contributed by atoms with E-state index in [0.29, 0.717) is 11.3 Å². The van der Waals surface area contributed by atoms with E-state index in [1.54, 1.807) is 19.1 Å². The maximum atomic E-state index is 13.2. The number of hydrogen-bond donors (Lipinski definition) is 3. The number of benzene rings is 2. The molecule has 2 aromatic rings. The fourth-order valence-electron chi connectivity index (χ4n) is 2.04. The number of nitrogens with one attached hydrogen (secondary N) is 1. The first-order chi connectivity index (χ1) is 8.99. The van der Waals surface area contributed by atoms with E-state index in [1.807, 2.05) is 6.92 Å². The molecule has 0 spiro atoms. The lowest BCUT2D eigenvalue weighted by Gasteiger charge is -2.19. The highest BCUT2D eigenvalue weighted by Crippen LogP contribution is 2.34. The first-order valence-corrected chi connectivity index (χ1v) is 6.02. The summed E-state index contributed by atoms with van der Waals surface area (Å²) >= 11 is 0. The quantitative estimate of drug-likeness (QED) is 0.789. The van der Waals surface area contributed by atoms with Crippen LogP contribution in [-0.4, -0.2) is 10.2 Å². The molecule has 2 rings (SSSR count). The van der Waals surface area contributed by atoms with Crippen LogP contribution in [-0.2, 0) is 0 Å². The Hall–Kier alpha value is -2.23. The highest BCUT2D eigenvalue weighted by atomic mass is 19.1. The predicted octanol–water partition coefficient (Wildman–Crippen LogP) is 3.72. The van der Waals surface area contributed by atoms with Crippen molar-refractivity contribution in [3.63, 3.8) is 0 Å². The van der Waals surface area contributed by atoms with Crippen molar-refractivity contribution in [2.24, 2.45) is 0 Å². The first kappa shape index (κ1) is 13.2. The zero-order valence-corrected chi connectivity index (χ0v) is 10.8. The number of aryl methyl sites for hydroxylation is 1. The van der Waals surface area contributed by atoms with Crippen molar-refractivity contribution in [2.45, 2.75) is 19.9 Å². The van der Waals surface area contributed by atoms with Gasteiger partial charge in [-0.3, -0.25) is 0 Å². The number of phenols is 2. The van der Waals surface area contributed by atoms with Crippen molar-refractivity contribution in [2.75, 3.05) is 5.32 Å². The van der Waals surface area contributed by atoms with Gasteiger partial charge in [0, 0.05) is 5.69 Å². The van der Waals surface area contributed by atoms with E-state index in [1.165, 1.54) is 24.3 Å². The summed E-state index contributed by atoms with van der Waals surface area (Å²) in [6.45, 7) is 3.65. The monoisotopic (exact) mass is 261 g/mol. The standard InChI is InChI=1S/C15H16FNO2/c1-9-6-7-11(16)8-12(9)17-10(2)15-13(18)4-3-5-14(15)19/h3-8,10,17-19H,1-2H3. The normalized spacial score (nSPS) is 12.2. The van der Waals surface area contributed by atoms with E-state index in [-0.39, 0.29) is 23.4 Å². The molecule has 0 bridgehead atoms. The Balaban J connectivity index is 2.31. The maximum Gasteiger partial charge on any atom is 0.125 e. The van der Waals surface area contributed by atoms with Gasteiger partial charge in [0.1, 0.15) is 17.3 Å². The first-order valence-electron chi connectivity index (χ1n) is 6.02. The van der Waals surface area contributed by atoms with Crippen LogP contribution in [0.25, 0.3) is 0 Å². The van der Waals surface area contributed by atoms with Gasteiger partial charge in [-0.05, 0) is 43.7 Å². The lowest BCUT2D eigenvalue weighted by atomic mass is 10.0. The van der Waals surface area contributed by atoms with E-state index in [9.17, 15) is 14.6 Å². The minimum atomic E-state index is -0.346. The molecule has 0 aromatic heterocycles. The Labute approximate surface area is 111 Å². The molecule has 0 aliphatic heterocycles. The van der Waals surface area contributed by atoms with Crippen LogP contribution < -0.4 is 5.32 Å². The van der Waals surface area contributed by atoms with Crippen LogP contribution >= 0.6 is 0 Å². The number of halogens is 1. The largest absolute Gasteiger partial charge is 0.507 e. The lowest BCUT2D eigenvalue weighted by Crippen LogP contribution is -2.08. The van der Waals surface area contributed by atoms with Crippen LogP contribution in [0, 0.1) is 12.7 Å². The summed E-state index contributed by atoms with van der Waals surface area (Å²) < 4.78 is 13.2. The van der Waals surface area contributed by atoms with Gasteiger partial charge < -0.3 is 15.5 Å². The van der Waals surface area contributed by atoms with Gasteiger partial charge in [-0.25, -0.2) is 4.39 Å². The number of anilines is 1. The molecule has 0 fully saturated rings. The Morgan fingerprint density at radius 1 is 1.11 bits per heavy atom. The highest BCUT2D eigenvalue weighted by molar-refractivity contribution is 5.55. The summed E-state index contributed by atoms with van der Waals surface area (Å²) in [6, 6.07) is 8.69. The van der Waals surface area contributed by atoms with Crippen molar-refractivity contribution >= 4 is 5.69 Å². The number of aromatic hydroxyl groups is 2. The van der Waals surface area contributed by atoms with Crippen molar-refractivity contribution in [3.8, 4) is 11.5 Å². The van der Waals surface area contributed by atoms with Gasteiger partial charge >= 0.3 is 0 Å². The average Bonchev–Trinajstić information content (AvgIpc) is 2.33. The number of phenolic OH excluding ortho intramolecular Hbond substituents is 2. The topological polar surface area (TPSA) is 52.5 Å². The van der Waals surface area contributed by atoms with Gasteiger partial charge in [0.25, 0.3) is 0 Å². The van der Waals surface area contributed by atoms with Crippen molar-refractivity contribution < 1.29 is 14.6 Å². The third kappa shape index (κ3) is 2.78. The Morgan fingerprint density at radius 3 is 2.37 bits per heavy atom. The van der Waals surface area contributed by atoms with Crippen LogP contribution in [0.3, 0.4) is 0 Å². The Bertz CT molecular complexity index is 578. The summed E-state index contributed by atoms with van der Waals surface area (Å²) in [6.07, 6.45) is 0. The summed E-state index contributed by atoms with van der Waals surface area (Å²) in [5.41, 5.74) is 1.92. The van der Waals surface area contributed by atoms with Gasteiger partial charge in [-0.1, -0.05) is 12.1 Å². The predicted molar refractivity (Wildman–Crippen MR) is 72.9 cm³/mol. The zero-order valence-electron chi connectivity index (χ0n) is 10.8. The smallest absolute Gasteiger partial charge is 0.125 e. The molecule has 0 aliphatic carbocycles. The SMILES string of the molecule is Cc1ccc(F)cc1NC(C)c1c(O)cccc1O. The Morgan fingerprint density at radius 2 is 1.74 bits per heavy atom. The van der Waals surface area contributed by atoms with Crippen LogP contribution in [0.2, 0.25) is 0 Å². The van der Waals surface area contributed by atoms with Crippen molar-refractivity contribution in [1.29, 1.82) is 0 Å². The minimum absolute atomic E-state index is 0.00839. The molecular weight excluding hydrogens is 245 g/mol. The van der Waals surface area contributed by atoms with Gasteiger partial charge in [-0.2, -0.15) is 0 Å². The van der Waals surface area contributed by atoms with Crippen LogP contribution in [0.15, 0.2) is 36.4 Å². The second-order valence-corrected chi connectivity index (χ2v) is 4.54. The average molecular weight is 261 g/mol. The number of rotatable bonds is 3. The Kier molecular flexibility index (Phi) is 3.60. The van der Waals surface area contributed by atoms with Gasteiger partial charge in [-0.15, -0.1) is 0 Å². The summed E-state index contributed by atoms with van der Waals surface area (Å²) in [5, 5.41) is 22.7. The molecule has 0 aliphatic rings. The fraction of sp³-hybridized carbons (Fsp3) is 0.200. The van der Waals surface area contributed by atoms with E-state index < -0.39 is 0 Å². The summed E-state index contributed by atoms with van der Waals surface area (Å²) in [7, 11) is 0. The van der Waals surface area contributed by atoms with Gasteiger partial charge in [0.05, 0.1) is 11.6 Å². The molecule has 0 heterocycles. The molecule has 2 aromatic carbocycles. The second kappa shape index (κ2) is 5.18. The molecule has 100 valence electrons. The molecule has 1 unspecified atom stereocenters. The van der Waals surface area contributed by atoms with E-state index in [4.69, 9.17) is 0 Å². The third-order valence-electron chi connectivity index (χ3n) is 3.06. The van der Waals surface area contributed by atoms with Crippen molar-refractivity contribution in [1.82, 2.24) is 0 Å². The van der Waals surface area contributed by atoms with E-state index in [0.717, 1.165) is 5.56 Å². The highest BCUT2D eigenvalue weighted by Gasteiger charge is 2.15. The molecule has 0 amide bonds. The van der Waals surface area contributed by atoms with Gasteiger partial charge in [0.15, 0.2) is 0 Å². The fourth-order valence-corrected chi connectivity index (χ4v) is 2.04. The lowest BCUT2D eigenvalue weighted by molar-refractivity contribution is 0.434. The molecule has 3 N–H and O–H groups in total. The van der Waals surface area contributed by atoms with Crippen LogP contribution in [0.5, 0.6) is 11.5 Å². The van der Waals surface area contributed by atoms with Gasteiger partial charge in [0.2, 0.25) is 0 Å². The van der Waals surface area contributed by atoms with Crippen LogP contribution in [0.4, 0.5) is 10.1 Å². The van der Waals surface area contributed by atoms with E-state index in [2.05, 4.69) is 5.32 Å². The molecule has 19 heavy (non-hydrogen) atoms. The molecule has 4 heteroatoms.